The van der Waals surface area contributed by atoms with Gasteiger partial charge in [-0.2, -0.15) is 5.26 Å². The molecule has 3 nitrogen and oxygen atoms in total. The van der Waals surface area contributed by atoms with Crippen molar-refractivity contribution in [3.05, 3.63) is 62.9 Å². The highest BCUT2D eigenvalue weighted by atomic mass is 32.1. The Morgan fingerprint density at radius 3 is 2.52 bits per heavy atom. The van der Waals surface area contributed by atoms with Gasteiger partial charge in [-0.3, -0.25) is 4.79 Å². The average molecular weight is 294 g/mol. The predicted molar refractivity (Wildman–Crippen MR) is 86.5 cm³/mol. The second-order valence-corrected chi connectivity index (χ2v) is 5.06. The second-order valence-electron chi connectivity index (χ2n) is 4.65. The fourth-order valence-electron chi connectivity index (χ4n) is 2.22. The van der Waals surface area contributed by atoms with Crippen LogP contribution in [-0.4, -0.2) is 10.8 Å². The Morgan fingerprint density at radius 2 is 1.95 bits per heavy atom. The Bertz CT molecular complexity index is 811. The van der Waals surface area contributed by atoms with Crippen LogP contribution >= 0.6 is 12.2 Å². The lowest BCUT2D eigenvalue weighted by atomic mass is 9.98. The topological polar surface area (TPSA) is 56.6 Å². The van der Waals surface area contributed by atoms with Crippen molar-refractivity contribution in [3.8, 4) is 6.07 Å². The van der Waals surface area contributed by atoms with Crippen molar-refractivity contribution in [2.24, 2.45) is 0 Å². The first kappa shape index (κ1) is 14.9. The van der Waals surface area contributed by atoms with Crippen LogP contribution in [-0.2, 0) is 0 Å². The van der Waals surface area contributed by atoms with Crippen LogP contribution in [0.1, 0.15) is 39.7 Å². The Hall–Kier alpha value is -2.51. The molecule has 0 bridgehead atoms. The maximum Gasteiger partial charge on any atom is 0.162 e. The lowest BCUT2D eigenvalue weighted by Crippen LogP contribution is -2.05. The molecule has 104 valence electrons. The molecule has 0 atom stereocenters. The summed E-state index contributed by atoms with van der Waals surface area (Å²) in [6.45, 7) is 3.27. The van der Waals surface area contributed by atoms with Crippen molar-refractivity contribution in [2.75, 3.05) is 0 Å². The van der Waals surface area contributed by atoms with Crippen LogP contribution in [0.15, 0.2) is 30.3 Å². The summed E-state index contributed by atoms with van der Waals surface area (Å²) in [5.41, 5.74) is 3.09. The van der Waals surface area contributed by atoms with E-state index >= 15 is 0 Å². The molecule has 0 unspecified atom stereocenters. The normalized spacial score (nSPS) is 10.5. The first-order chi connectivity index (χ1) is 10.0. The zero-order valence-electron chi connectivity index (χ0n) is 11.8. The number of nitriles is 1. The third-order valence-corrected chi connectivity index (χ3v) is 3.45. The molecule has 0 aliphatic heterocycles. The van der Waals surface area contributed by atoms with E-state index in [1.54, 1.807) is 13.0 Å². The molecule has 0 radical (unpaired) electrons. The molecule has 0 aliphatic carbocycles. The van der Waals surface area contributed by atoms with Gasteiger partial charge < -0.3 is 4.98 Å². The number of ketones is 1. The molecule has 2 aromatic rings. The number of hydrogen-bond donors (Lipinski definition) is 1. The number of pyridine rings is 1. The minimum atomic E-state index is -0.0945. The van der Waals surface area contributed by atoms with E-state index in [2.05, 4.69) is 11.1 Å². The van der Waals surface area contributed by atoms with Crippen LogP contribution in [0.3, 0.4) is 0 Å². The van der Waals surface area contributed by atoms with E-state index in [0.717, 1.165) is 5.56 Å². The number of nitrogens with zero attached hydrogens (tertiary/aromatic N) is 1. The van der Waals surface area contributed by atoms with Gasteiger partial charge in [0.1, 0.15) is 10.7 Å². The molecular formula is C17H14N2OS. The minimum absolute atomic E-state index is 0.0945. The van der Waals surface area contributed by atoms with E-state index in [1.165, 1.54) is 6.92 Å². The number of hydrogen-bond acceptors (Lipinski definition) is 3. The van der Waals surface area contributed by atoms with E-state index in [1.807, 2.05) is 36.4 Å². The molecule has 1 aromatic heterocycles. The number of rotatable bonds is 3. The standard InChI is InChI=1S/C17H14N2OS/c1-11-16(12(2)20)14(15(10-18)17(21)19-11)9-8-13-6-4-3-5-7-13/h3-9H,1-2H3,(H,19,21). The fraction of sp³-hybridized carbons (Fsp3) is 0.118. The van der Waals surface area contributed by atoms with E-state index in [0.29, 0.717) is 27.0 Å². The molecule has 0 aliphatic rings. The minimum Gasteiger partial charge on any atom is -0.349 e. The molecule has 0 saturated carbocycles. The van der Waals surface area contributed by atoms with E-state index in [-0.39, 0.29) is 5.78 Å². The maximum absolute atomic E-state index is 11.9. The number of aromatic amines is 1. The van der Waals surface area contributed by atoms with Crippen LogP contribution in [0.4, 0.5) is 0 Å². The van der Waals surface area contributed by atoms with Gasteiger partial charge in [0, 0.05) is 16.8 Å². The number of H-pyrrole nitrogens is 1. The molecule has 0 amide bonds. The van der Waals surface area contributed by atoms with Crippen molar-refractivity contribution >= 4 is 30.2 Å². The van der Waals surface area contributed by atoms with Crippen molar-refractivity contribution in [1.29, 1.82) is 5.26 Å². The number of benzene rings is 1. The van der Waals surface area contributed by atoms with Crippen LogP contribution in [0.25, 0.3) is 12.2 Å². The molecule has 0 spiro atoms. The van der Waals surface area contributed by atoms with Gasteiger partial charge in [0.15, 0.2) is 5.78 Å². The van der Waals surface area contributed by atoms with Crippen LogP contribution in [0.2, 0.25) is 0 Å². The summed E-state index contributed by atoms with van der Waals surface area (Å²) in [5, 5.41) is 9.31. The second kappa shape index (κ2) is 6.29. The molecule has 4 heteroatoms. The SMILES string of the molecule is CC(=O)c1c(C)[nH]c(=S)c(C#N)c1C=Cc1ccccc1. The number of aryl methyl sites for hydroxylation is 1. The third-order valence-electron chi connectivity index (χ3n) is 3.15. The summed E-state index contributed by atoms with van der Waals surface area (Å²) in [6.07, 6.45) is 3.65. The summed E-state index contributed by atoms with van der Waals surface area (Å²) >= 11 is 5.18. The van der Waals surface area contributed by atoms with Gasteiger partial charge in [-0.05, 0) is 19.4 Å². The van der Waals surface area contributed by atoms with Gasteiger partial charge in [0.25, 0.3) is 0 Å². The van der Waals surface area contributed by atoms with Crippen LogP contribution < -0.4 is 0 Å². The molecule has 0 fully saturated rings. The monoisotopic (exact) mass is 294 g/mol. The van der Waals surface area contributed by atoms with Gasteiger partial charge in [0.05, 0.1) is 5.56 Å². The first-order valence-electron chi connectivity index (χ1n) is 6.45. The van der Waals surface area contributed by atoms with Crippen molar-refractivity contribution in [2.45, 2.75) is 13.8 Å². The summed E-state index contributed by atoms with van der Waals surface area (Å²) in [7, 11) is 0. The summed E-state index contributed by atoms with van der Waals surface area (Å²) in [5.74, 6) is -0.0945. The molecule has 1 N–H and O–H groups in total. The summed E-state index contributed by atoms with van der Waals surface area (Å²) in [6, 6.07) is 11.8. The Balaban J connectivity index is 2.67. The maximum atomic E-state index is 11.9. The van der Waals surface area contributed by atoms with Gasteiger partial charge in [0.2, 0.25) is 0 Å². The highest BCUT2D eigenvalue weighted by Crippen LogP contribution is 2.21. The average Bonchev–Trinajstić information content (AvgIpc) is 2.45. The number of nitrogens with one attached hydrogen (secondary N) is 1. The third kappa shape index (κ3) is 3.15. The Kier molecular flexibility index (Phi) is 4.46. The lowest BCUT2D eigenvalue weighted by molar-refractivity contribution is 0.101. The number of carbonyl (C=O) groups excluding carboxylic acids is 1. The summed E-state index contributed by atoms with van der Waals surface area (Å²) in [4.78, 5) is 14.8. The van der Waals surface area contributed by atoms with Crippen LogP contribution in [0.5, 0.6) is 0 Å². The number of Topliss-reactive ketones (excluding diaryl/α,β-unsaturated/α-hetero) is 1. The zero-order valence-corrected chi connectivity index (χ0v) is 12.6. The van der Waals surface area contributed by atoms with Crippen molar-refractivity contribution in [1.82, 2.24) is 4.98 Å². The quantitative estimate of drug-likeness (QED) is 0.678. The molecular weight excluding hydrogens is 280 g/mol. The molecule has 1 heterocycles. The lowest BCUT2D eigenvalue weighted by Gasteiger charge is -2.09. The van der Waals surface area contributed by atoms with Gasteiger partial charge >= 0.3 is 0 Å². The summed E-state index contributed by atoms with van der Waals surface area (Å²) < 4.78 is 0.354. The molecule has 1 aromatic carbocycles. The molecule has 21 heavy (non-hydrogen) atoms. The fourth-order valence-corrected chi connectivity index (χ4v) is 2.53. The van der Waals surface area contributed by atoms with Gasteiger partial charge in [-0.15, -0.1) is 0 Å². The van der Waals surface area contributed by atoms with E-state index in [4.69, 9.17) is 12.2 Å². The number of aromatic nitrogens is 1. The highest BCUT2D eigenvalue weighted by molar-refractivity contribution is 7.71. The largest absolute Gasteiger partial charge is 0.349 e. The zero-order chi connectivity index (χ0) is 15.4. The van der Waals surface area contributed by atoms with Crippen molar-refractivity contribution < 1.29 is 4.79 Å². The van der Waals surface area contributed by atoms with E-state index in [9.17, 15) is 10.1 Å². The molecule has 2 rings (SSSR count). The van der Waals surface area contributed by atoms with Gasteiger partial charge in [-0.25, -0.2) is 0 Å². The van der Waals surface area contributed by atoms with Crippen LogP contribution in [0, 0.1) is 22.9 Å². The highest BCUT2D eigenvalue weighted by Gasteiger charge is 2.15. The predicted octanol–water partition coefficient (Wildman–Crippen LogP) is 4.30. The smallest absolute Gasteiger partial charge is 0.162 e. The molecule has 0 saturated heterocycles. The van der Waals surface area contributed by atoms with Crippen molar-refractivity contribution in [3.63, 3.8) is 0 Å². The number of carbonyl (C=O) groups is 1. The van der Waals surface area contributed by atoms with E-state index < -0.39 is 0 Å². The van der Waals surface area contributed by atoms with Gasteiger partial charge in [-0.1, -0.05) is 54.7 Å². The Morgan fingerprint density at radius 1 is 1.29 bits per heavy atom. The first-order valence-corrected chi connectivity index (χ1v) is 6.86. The Labute approximate surface area is 128 Å².